The predicted molar refractivity (Wildman–Crippen MR) is 563 cm³/mol. The predicted octanol–water partition coefficient (Wildman–Crippen LogP) is 30.3. The van der Waals surface area contributed by atoms with E-state index >= 15 is 0 Å². The van der Waals surface area contributed by atoms with Gasteiger partial charge in [-0.3, -0.25) is 15.0 Å². The third-order valence-corrected chi connectivity index (χ3v) is 24.2. The number of nitrogens with zero attached hydrogens (tertiary/aromatic N) is 9. The summed E-state index contributed by atoms with van der Waals surface area (Å²) < 4.78 is 0. The highest BCUT2D eigenvalue weighted by atomic mass is 35.5. The Balaban J connectivity index is 0.000000153. The van der Waals surface area contributed by atoms with Crippen LogP contribution in [0.2, 0.25) is 10.0 Å². The molecule has 0 saturated heterocycles. The van der Waals surface area contributed by atoms with Crippen LogP contribution in [0.5, 0.6) is 0 Å². The molecule has 0 aliphatic rings. The van der Waals surface area contributed by atoms with Crippen molar-refractivity contribution >= 4 is 35.8 Å². The Morgan fingerprint density at radius 3 is 0.489 bits per heavy atom. The van der Waals surface area contributed by atoms with Gasteiger partial charge in [0.05, 0.1) is 17.1 Å². The van der Waals surface area contributed by atoms with Gasteiger partial charge in [0.15, 0.2) is 34.9 Å². The fraction of sp³-hybridized carbons (Fsp3) is 0. The number of halogens is 2. The molecule has 0 unspecified atom stereocenters. The van der Waals surface area contributed by atoms with Gasteiger partial charge < -0.3 is 10.0 Å². The molecule has 5 aromatic heterocycles. The molecular weight excluding hydrogens is 1720 g/mol. The van der Waals surface area contributed by atoms with Crippen LogP contribution in [-0.2, 0) is 0 Å². The SMILES string of the molecule is Clc1cc(-c2ccccc2)cc(-c2nc(-c3cc(Cl)cc(-c4ccccc4)c3)nc(-c3cc(-c4ccccc4)cc(-c4ccccc4)c3)n2)c1.OB(O)c1ccc(-c2ccccn2)cc1.c1ccc(-c2cc(-c3ccccc3)cc(-c3nc(-c4cc(-c5ccccc5)cc(-c5ccc(-c6ccccn6)cc5)c4)nc(-c4cc(-c5ccccc5)cc(-c5ccc(-c6ccccn6)cc5)c4)n3)c2)cc1. The Bertz CT molecular complexity index is 7510. The molecule has 2 N–H and O–H groups in total. The van der Waals surface area contributed by atoms with Crippen LogP contribution in [0.25, 0.3) is 213 Å². The fourth-order valence-electron chi connectivity index (χ4n) is 16.8. The number of hydrogen-bond donors (Lipinski definition) is 2. The number of benzene rings is 17. The maximum absolute atomic E-state index is 8.93. The summed E-state index contributed by atoms with van der Waals surface area (Å²) in [6.07, 6.45) is 5.39. The quantitative estimate of drug-likeness (QED) is 0.0700. The monoisotopic (exact) mass is 1800 g/mol. The molecule has 0 fully saturated rings. The summed E-state index contributed by atoms with van der Waals surface area (Å²) in [6.45, 7) is 0. The minimum absolute atomic E-state index is 0.481. The summed E-state index contributed by atoms with van der Waals surface area (Å²) in [7, 11) is -1.41. The van der Waals surface area contributed by atoms with Crippen LogP contribution in [-0.4, -0.2) is 62.0 Å². The zero-order valence-electron chi connectivity index (χ0n) is 74.1. The zero-order chi connectivity index (χ0) is 92.6. The molecule has 0 bridgehead atoms. The molecule has 14 heteroatoms. The highest BCUT2D eigenvalue weighted by Crippen LogP contribution is 2.42. The van der Waals surface area contributed by atoms with E-state index in [9.17, 15) is 0 Å². The average molecular weight is 1800 g/mol. The molecule has 0 amide bonds. The van der Waals surface area contributed by atoms with Crippen LogP contribution in [0.4, 0.5) is 0 Å². The molecule has 22 rings (SSSR count). The van der Waals surface area contributed by atoms with Crippen molar-refractivity contribution in [3.63, 3.8) is 0 Å². The van der Waals surface area contributed by atoms with Crippen LogP contribution in [0.15, 0.2) is 498 Å². The van der Waals surface area contributed by atoms with Crippen LogP contribution in [0.1, 0.15) is 0 Å². The van der Waals surface area contributed by atoms with E-state index in [2.05, 4.69) is 343 Å². The molecule has 0 aliphatic carbocycles. The second-order valence-corrected chi connectivity index (χ2v) is 33.9. The number of aromatic nitrogens is 9. The van der Waals surface area contributed by atoms with Gasteiger partial charge in [0.25, 0.3) is 0 Å². The molecule has 137 heavy (non-hydrogen) atoms. The lowest BCUT2D eigenvalue weighted by atomic mass is 9.80. The maximum atomic E-state index is 8.93. The van der Waals surface area contributed by atoms with Crippen molar-refractivity contribution in [3.8, 4) is 213 Å². The first-order valence-corrected chi connectivity index (χ1v) is 45.8. The van der Waals surface area contributed by atoms with Crippen LogP contribution in [0.3, 0.4) is 0 Å². The van der Waals surface area contributed by atoms with Gasteiger partial charge in [0, 0.05) is 78.7 Å². The van der Waals surface area contributed by atoms with E-state index < -0.39 is 7.12 Å². The van der Waals surface area contributed by atoms with Gasteiger partial charge in [-0.25, -0.2) is 29.9 Å². The molecule has 0 spiro atoms. The Labute approximate surface area is 806 Å². The Hall–Kier alpha value is -17.2. The normalized spacial score (nSPS) is 10.9. The molecule has 0 aliphatic heterocycles. The van der Waals surface area contributed by atoms with Crippen LogP contribution >= 0.6 is 23.2 Å². The average Bonchev–Trinajstić information content (AvgIpc) is 0.789. The van der Waals surface area contributed by atoms with Gasteiger partial charge in [-0.05, 0) is 262 Å². The van der Waals surface area contributed by atoms with E-state index in [-0.39, 0.29) is 0 Å². The van der Waals surface area contributed by atoms with E-state index in [1.807, 2.05) is 152 Å². The van der Waals surface area contributed by atoms with E-state index in [0.717, 1.165) is 178 Å². The summed E-state index contributed by atoms with van der Waals surface area (Å²) in [5.74, 6) is 3.27. The lowest BCUT2D eigenvalue weighted by Gasteiger charge is -2.15. The molecule has 650 valence electrons. The van der Waals surface area contributed by atoms with Crippen LogP contribution < -0.4 is 5.46 Å². The third kappa shape index (κ3) is 21.1. The van der Waals surface area contributed by atoms with E-state index in [0.29, 0.717) is 50.5 Å². The molecular formula is C123H84BCl2N9O2. The standard InChI is InChI=1S/C67H45N5.C45H29Cl2N3.C11H10BNO2/c1-5-17-46(18-6-1)54-37-55(47-19-7-2-8-20-47)41-60(40-54)65-70-66(61-42-56(48-21-9-3-10-22-48)38-58(44-61)50-27-31-52(32-28-50)63-25-13-15-35-68-63)72-67(71-65)62-43-57(49-23-11-4-12-24-49)39-59(45-62)51-29-33-53(34-30-51)64-26-14-16-36-69-64;46-41-26-36(32-17-9-3-10-18-32)24-39(28-41)44-48-43(49-45(50-44)40-25-37(27-42(47)29-40)33-19-11-4-12-20-33)38-22-34(30-13-5-1-6-14-30)21-35(23-38)31-15-7-2-8-16-31;14-12(15)10-6-4-9(5-7-10)11-3-1-2-8-13-11/h1-45H;1-29H;1-8,14-15H. The minimum Gasteiger partial charge on any atom is -0.423 e. The van der Waals surface area contributed by atoms with Crippen molar-refractivity contribution in [2.45, 2.75) is 0 Å². The second kappa shape index (κ2) is 41.3. The summed E-state index contributed by atoms with van der Waals surface area (Å²) in [4.78, 5) is 45.1. The third-order valence-electron chi connectivity index (χ3n) is 23.7. The Kier molecular flexibility index (Phi) is 26.4. The van der Waals surface area contributed by atoms with Crippen molar-refractivity contribution in [2.75, 3.05) is 0 Å². The zero-order valence-corrected chi connectivity index (χ0v) is 75.6. The largest absolute Gasteiger partial charge is 0.488 e. The highest BCUT2D eigenvalue weighted by molar-refractivity contribution is 6.58. The summed E-state index contributed by atoms with van der Waals surface area (Å²) in [5, 5.41) is 19.0. The van der Waals surface area contributed by atoms with Gasteiger partial charge in [-0.15, -0.1) is 0 Å². The molecule has 5 heterocycles. The number of pyridine rings is 3. The second-order valence-electron chi connectivity index (χ2n) is 33.0. The van der Waals surface area contributed by atoms with E-state index in [1.54, 1.807) is 18.3 Å². The summed E-state index contributed by atoms with van der Waals surface area (Å²) in [6, 6.07) is 163. The van der Waals surface area contributed by atoms with Gasteiger partial charge in [0.1, 0.15) is 0 Å². The van der Waals surface area contributed by atoms with Crippen molar-refractivity contribution in [2.24, 2.45) is 0 Å². The van der Waals surface area contributed by atoms with Crippen LogP contribution in [0, 0.1) is 0 Å². The van der Waals surface area contributed by atoms with Crippen molar-refractivity contribution in [1.82, 2.24) is 44.9 Å². The highest BCUT2D eigenvalue weighted by Gasteiger charge is 2.23. The summed E-state index contributed by atoms with van der Waals surface area (Å²) >= 11 is 13.5. The molecule has 17 aromatic carbocycles. The molecule has 0 saturated carbocycles. The van der Waals surface area contributed by atoms with E-state index in [4.69, 9.17) is 63.2 Å². The van der Waals surface area contributed by atoms with Gasteiger partial charge in [0.2, 0.25) is 0 Å². The number of rotatable bonds is 20. The minimum atomic E-state index is -1.41. The molecule has 22 aromatic rings. The maximum Gasteiger partial charge on any atom is 0.488 e. The lowest BCUT2D eigenvalue weighted by molar-refractivity contribution is 0.426. The first-order valence-electron chi connectivity index (χ1n) is 45.1. The Morgan fingerprint density at radius 2 is 0.299 bits per heavy atom. The first kappa shape index (κ1) is 87.7. The van der Waals surface area contributed by atoms with Crippen molar-refractivity contribution in [3.05, 3.63) is 508 Å². The van der Waals surface area contributed by atoms with E-state index in [1.165, 1.54) is 0 Å². The van der Waals surface area contributed by atoms with Gasteiger partial charge in [-0.2, -0.15) is 0 Å². The van der Waals surface area contributed by atoms with Crippen molar-refractivity contribution < 1.29 is 10.0 Å². The summed E-state index contributed by atoms with van der Waals surface area (Å²) in [5.41, 5.74) is 32.6. The number of hydrogen-bond acceptors (Lipinski definition) is 11. The fourth-order valence-corrected chi connectivity index (χ4v) is 17.3. The smallest absolute Gasteiger partial charge is 0.423 e. The molecule has 11 nitrogen and oxygen atoms in total. The lowest BCUT2D eigenvalue weighted by Crippen LogP contribution is -2.29. The van der Waals surface area contributed by atoms with Crippen molar-refractivity contribution in [1.29, 1.82) is 0 Å². The molecule has 0 radical (unpaired) electrons. The topological polar surface area (TPSA) is 156 Å². The Morgan fingerprint density at radius 1 is 0.146 bits per heavy atom. The molecule has 0 atom stereocenters. The van der Waals surface area contributed by atoms with Gasteiger partial charge in [-0.1, -0.05) is 357 Å². The first-order chi connectivity index (χ1) is 67.5. The van der Waals surface area contributed by atoms with Gasteiger partial charge >= 0.3 is 7.12 Å².